The van der Waals surface area contributed by atoms with Crippen molar-refractivity contribution >= 4 is 0 Å². The molecule has 48 heavy (non-hydrogen) atoms. The summed E-state index contributed by atoms with van der Waals surface area (Å²) in [6.45, 7) is 0.952. The third-order valence-electron chi connectivity index (χ3n) is 10.6. The van der Waals surface area contributed by atoms with Crippen molar-refractivity contribution in [3.8, 4) is 46.0 Å². The molecule has 0 saturated carbocycles. The largest absolute Gasteiger partial charge is 0.504 e. The van der Waals surface area contributed by atoms with E-state index in [4.69, 9.17) is 28.4 Å². The summed E-state index contributed by atoms with van der Waals surface area (Å²) in [4.78, 5) is 4.79. The number of rotatable bonds is 9. The van der Waals surface area contributed by atoms with Gasteiger partial charge in [0.2, 0.25) is 5.75 Å². The molecule has 0 spiro atoms. The molecular weight excluding hydrogens is 608 g/mol. The fourth-order valence-electron chi connectivity index (χ4n) is 7.91. The van der Waals surface area contributed by atoms with E-state index < -0.39 is 0 Å². The summed E-state index contributed by atoms with van der Waals surface area (Å²) in [6, 6.07) is 18.7. The van der Waals surface area contributed by atoms with Crippen LogP contribution in [-0.4, -0.2) is 71.1 Å². The van der Waals surface area contributed by atoms with Gasteiger partial charge in [-0.1, -0.05) is 12.1 Å². The molecule has 9 heteroatoms. The highest BCUT2D eigenvalue weighted by Crippen LogP contribution is 2.55. The van der Waals surface area contributed by atoms with Crippen LogP contribution in [0.4, 0.5) is 0 Å². The molecule has 3 aliphatic rings. The van der Waals surface area contributed by atoms with E-state index in [9.17, 15) is 5.11 Å². The zero-order valence-electron chi connectivity index (χ0n) is 28.8. The number of phenols is 1. The van der Waals surface area contributed by atoms with E-state index in [0.29, 0.717) is 40.9 Å². The Morgan fingerprint density at radius 2 is 1.35 bits per heavy atom. The van der Waals surface area contributed by atoms with Crippen LogP contribution in [0.2, 0.25) is 0 Å². The lowest BCUT2D eigenvalue weighted by molar-refractivity contribution is 0.135. The zero-order valence-corrected chi connectivity index (χ0v) is 28.8. The number of aromatic hydroxyl groups is 1. The Bertz CT molecular complexity index is 1840. The van der Waals surface area contributed by atoms with Gasteiger partial charge in [-0.25, -0.2) is 0 Å². The monoisotopic (exact) mass is 652 g/mol. The summed E-state index contributed by atoms with van der Waals surface area (Å²) in [5.41, 5.74) is 8.18. The van der Waals surface area contributed by atoms with Gasteiger partial charge in [0.25, 0.3) is 0 Å². The second-order valence-electron chi connectivity index (χ2n) is 12.9. The van der Waals surface area contributed by atoms with Gasteiger partial charge < -0.3 is 33.5 Å². The zero-order chi connectivity index (χ0) is 33.7. The molecular formula is C39H44N2O7. The van der Waals surface area contributed by atoms with E-state index in [1.807, 2.05) is 24.3 Å². The van der Waals surface area contributed by atoms with Gasteiger partial charge in [0.05, 0.1) is 35.5 Å². The number of phenolic OH excluding ortho intramolecular Hbond substituents is 1. The standard InChI is InChI=1S/C39H44N2O7/c1-40-13-12-23-16-35(45-5)36(20-27(23)30(40)14-22-8-10-25(43-3)11-9-22)48-38-29-18-32-26-19-33(42)34(44-4)17-24(26)15-31(41(32)2)28(29)21-37(46-6)39(38)47-7/h8-11,16-17,19-21,30-32,42H,12-15,18H2,1-7H3. The number of likely N-dealkylation sites (N-methyl/N-ethyl adjacent to an activating group) is 2. The average molecular weight is 653 g/mol. The summed E-state index contributed by atoms with van der Waals surface area (Å²) < 4.78 is 35.7. The third kappa shape index (κ3) is 5.35. The first-order valence-corrected chi connectivity index (χ1v) is 16.4. The predicted molar refractivity (Wildman–Crippen MR) is 184 cm³/mol. The van der Waals surface area contributed by atoms with Crippen molar-refractivity contribution < 1.29 is 33.5 Å². The quantitative estimate of drug-likeness (QED) is 0.209. The number of hydrogen-bond donors (Lipinski definition) is 1. The molecule has 9 nitrogen and oxygen atoms in total. The molecule has 0 aromatic heterocycles. The van der Waals surface area contributed by atoms with Crippen LogP contribution in [0.3, 0.4) is 0 Å². The molecule has 7 rings (SSSR count). The highest BCUT2D eigenvalue weighted by molar-refractivity contribution is 5.64. The number of benzene rings is 4. The fourth-order valence-corrected chi connectivity index (χ4v) is 7.91. The molecule has 0 saturated heterocycles. The van der Waals surface area contributed by atoms with Crippen molar-refractivity contribution in [1.29, 1.82) is 0 Å². The Labute approximate surface area is 282 Å². The van der Waals surface area contributed by atoms with E-state index in [1.54, 1.807) is 35.5 Å². The second kappa shape index (κ2) is 12.8. The molecule has 0 radical (unpaired) electrons. The first kappa shape index (κ1) is 32.0. The Kier molecular flexibility index (Phi) is 8.51. The van der Waals surface area contributed by atoms with E-state index in [1.165, 1.54) is 22.3 Å². The molecule has 0 aliphatic carbocycles. The minimum Gasteiger partial charge on any atom is -0.504 e. The normalized spacial score (nSPS) is 19.9. The summed E-state index contributed by atoms with van der Waals surface area (Å²) >= 11 is 0. The van der Waals surface area contributed by atoms with Gasteiger partial charge in [-0.2, -0.15) is 0 Å². The fraction of sp³-hybridized carbons (Fsp3) is 0.385. The van der Waals surface area contributed by atoms with Crippen molar-refractivity contribution in [1.82, 2.24) is 9.80 Å². The van der Waals surface area contributed by atoms with E-state index in [-0.39, 0.29) is 23.9 Å². The van der Waals surface area contributed by atoms with Crippen LogP contribution in [-0.2, 0) is 25.7 Å². The van der Waals surface area contributed by atoms with E-state index in [2.05, 4.69) is 54.2 Å². The van der Waals surface area contributed by atoms with Gasteiger partial charge in [-0.05, 0) is 116 Å². The SMILES string of the molecule is COc1ccc(CC2c3cc(Oc4c5c(cc(OC)c4OC)C4Cc6cc(OC)c(O)cc6C(C5)N4C)c(OC)cc3CCN2C)cc1. The van der Waals surface area contributed by atoms with Crippen LogP contribution in [0.1, 0.15) is 57.1 Å². The Morgan fingerprint density at radius 1 is 0.667 bits per heavy atom. The molecule has 4 aromatic carbocycles. The first-order valence-electron chi connectivity index (χ1n) is 16.4. The number of methoxy groups -OCH3 is 5. The second-order valence-corrected chi connectivity index (χ2v) is 12.9. The molecule has 3 unspecified atom stereocenters. The van der Waals surface area contributed by atoms with Gasteiger partial charge in [0, 0.05) is 30.2 Å². The Balaban J connectivity index is 1.32. The lowest BCUT2D eigenvalue weighted by Crippen LogP contribution is -2.40. The van der Waals surface area contributed by atoms with E-state index in [0.717, 1.165) is 48.2 Å². The molecule has 4 aromatic rings. The molecule has 1 N–H and O–H groups in total. The van der Waals surface area contributed by atoms with Gasteiger partial charge in [0.1, 0.15) is 5.75 Å². The third-order valence-corrected chi connectivity index (χ3v) is 10.6. The molecule has 3 aliphatic heterocycles. The van der Waals surface area contributed by atoms with Crippen molar-refractivity contribution in [2.75, 3.05) is 56.2 Å². The average Bonchev–Trinajstić information content (AvgIpc) is 3.10. The van der Waals surface area contributed by atoms with Crippen LogP contribution in [0, 0.1) is 0 Å². The molecule has 0 fully saturated rings. The van der Waals surface area contributed by atoms with Crippen LogP contribution in [0.5, 0.6) is 46.0 Å². The van der Waals surface area contributed by atoms with Gasteiger partial charge >= 0.3 is 0 Å². The van der Waals surface area contributed by atoms with Crippen LogP contribution < -0.4 is 28.4 Å². The van der Waals surface area contributed by atoms with Crippen LogP contribution >= 0.6 is 0 Å². The highest BCUT2D eigenvalue weighted by Gasteiger charge is 2.42. The van der Waals surface area contributed by atoms with Crippen LogP contribution in [0.15, 0.2) is 54.6 Å². The highest BCUT2D eigenvalue weighted by atomic mass is 16.5. The maximum atomic E-state index is 10.7. The van der Waals surface area contributed by atoms with Crippen molar-refractivity contribution in [3.05, 3.63) is 93.5 Å². The summed E-state index contributed by atoms with van der Waals surface area (Å²) in [5, 5.41) is 10.7. The van der Waals surface area contributed by atoms with Crippen molar-refractivity contribution in [2.24, 2.45) is 0 Å². The predicted octanol–water partition coefficient (Wildman–Crippen LogP) is 6.83. The number of hydrogen-bond acceptors (Lipinski definition) is 9. The Morgan fingerprint density at radius 3 is 2.04 bits per heavy atom. The molecule has 3 atom stereocenters. The van der Waals surface area contributed by atoms with Crippen molar-refractivity contribution in [3.63, 3.8) is 0 Å². The minimum absolute atomic E-state index is 0.0245. The smallest absolute Gasteiger partial charge is 0.204 e. The number of nitrogens with zero attached hydrogens (tertiary/aromatic N) is 2. The molecule has 2 bridgehead atoms. The lowest BCUT2D eigenvalue weighted by Gasteiger charge is -2.46. The molecule has 0 amide bonds. The van der Waals surface area contributed by atoms with Gasteiger partial charge in [0.15, 0.2) is 34.5 Å². The molecule has 252 valence electrons. The topological polar surface area (TPSA) is 82.1 Å². The van der Waals surface area contributed by atoms with Gasteiger partial charge in [-0.15, -0.1) is 0 Å². The maximum Gasteiger partial charge on any atom is 0.204 e. The Hall–Kier alpha value is -4.60. The number of fused-ring (bicyclic) bond motifs is 7. The first-order chi connectivity index (χ1) is 23.3. The summed E-state index contributed by atoms with van der Waals surface area (Å²) in [6.07, 6.45) is 3.19. The van der Waals surface area contributed by atoms with Crippen LogP contribution in [0.25, 0.3) is 0 Å². The minimum atomic E-state index is 0.0245. The maximum absolute atomic E-state index is 10.7. The number of ether oxygens (including phenoxy) is 6. The van der Waals surface area contributed by atoms with Crippen molar-refractivity contribution in [2.45, 2.75) is 43.8 Å². The van der Waals surface area contributed by atoms with Gasteiger partial charge in [-0.3, -0.25) is 9.80 Å². The molecule has 3 heterocycles. The summed E-state index contributed by atoms with van der Waals surface area (Å²) in [7, 11) is 12.6. The van der Waals surface area contributed by atoms with E-state index >= 15 is 0 Å². The lowest BCUT2D eigenvalue weighted by atomic mass is 9.76. The summed E-state index contributed by atoms with van der Waals surface area (Å²) in [5.74, 6) is 4.58.